The lowest BCUT2D eigenvalue weighted by molar-refractivity contribution is -0.147. The number of aromatic nitrogens is 2. The lowest BCUT2D eigenvalue weighted by Gasteiger charge is -2.17. The summed E-state index contributed by atoms with van der Waals surface area (Å²) in [6, 6.07) is 0. The molecule has 1 aliphatic heterocycles. The van der Waals surface area contributed by atoms with Crippen molar-refractivity contribution in [1.82, 2.24) is 14.7 Å². The number of fused-ring (bicyclic) bond motifs is 1. The van der Waals surface area contributed by atoms with Gasteiger partial charge in [0.25, 0.3) is 0 Å². The summed E-state index contributed by atoms with van der Waals surface area (Å²) >= 11 is 0. The van der Waals surface area contributed by atoms with E-state index in [0.29, 0.717) is 11.3 Å². The Morgan fingerprint density at radius 2 is 2.12 bits per heavy atom. The van der Waals surface area contributed by atoms with Gasteiger partial charge >= 0.3 is 12.1 Å². The van der Waals surface area contributed by atoms with Gasteiger partial charge in [-0.25, -0.2) is 4.79 Å². The molecule has 0 bridgehead atoms. The van der Waals surface area contributed by atoms with Crippen molar-refractivity contribution in [2.24, 2.45) is 7.05 Å². The molecular formula is C9H10F3N3O2. The van der Waals surface area contributed by atoms with Gasteiger partial charge in [-0.2, -0.15) is 18.3 Å². The van der Waals surface area contributed by atoms with Gasteiger partial charge in [0.05, 0.1) is 12.2 Å². The molecule has 1 N–H and O–H groups in total. The molecule has 0 fully saturated rings. The van der Waals surface area contributed by atoms with E-state index in [1.165, 1.54) is 11.7 Å². The molecule has 0 amide bonds. The molecule has 17 heavy (non-hydrogen) atoms. The van der Waals surface area contributed by atoms with E-state index in [2.05, 4.69) is 5.10 Å². The molecule has 0 aromatic carbocycles. The Bertz CT molecular complexity index is 467. The Kier molecular flexibility index (Phi) is 2.61. The van der Waals surface area contributed by atoms with E-state index in [1.807, 2.05) is 0 Å². The first-order valence-electron chi connectivity index (χ1n) is 4.85. The lowest BCUT2D eigenvalue weighted by atomic mass is 10.2. The molecule has 1 aromatic rings. The van der Waals surface area contributed by atoms with Crippen molar-refractivity contribution < 1.29 is 23.1 Å². The highest BCUT2D eigenvalue weighted by atomic mass is 19.4. The monoisotopic (exact) mass is 249 g/mol. The van der Waals surface area contributed by atoms with E-state index < -0.39 is 18.7 Å². The van der Waals surface area contributed by atoms with Crippen molar-refractivity contribution in [1.29, 1.82) is 0 Å². The molecule has 94 valence electrons. The maximum absolute atomic E-state index is 12.2. The van der Waals surface area contributed by atoms with Crippen LogP contribution in [0.4, 0.5) is 13.2 Å². The molecule has 0 aliphatic carbocycles. The summed E-state index contributed by atoms with van der Waals surface area (Å²) < 4.78 is 37.8. The van der Waals surface area contributed by atoms with E-state index in [0.717, 1.165) is 4.90 Å². The molecule has 2 rings (SSSR count). The zero-order valence-corrected chi connectivity index (χ0v) is 8.95. The first kappa shape index (κ1) is 11.9. The third-order valence-corrected chi connectivity index (χ3v) is 2.59. The second-order valence-corrected chi connectivity index (χ2v) is 3.96. The number of hydrogen-bond acceptors (Lipinski definition) is 3. The van der Waals surface area contributed by atoms with Crippen LogP contribution >= 0.6 is 0 Å². The molecule has 2 heterocycles. The van der Waals surface area contributed by atoms with Crippen LogP contribution in [0.15, 0.2) is 0 Å². The van der Waals surface area contributed by atoms with Gasteiger partial charge in [-0.3, -0.25) is 9.58 Å². The standard InChI is InChI=1S/C9H10F3N3O2/c1-14-7(8(16)17)5-2-15(3-6(5)13-14)4-9(10,11)12/h2-4H2,1H3,(H,16,17). The first-order valence-corrected chi connectivity index (χ1v) is 4.85. The minimum atomic E-state index is -4.28. The SMILES string of the molecule is Cn1nc2c(c1C(=O)O)CN(CC(F)(F)F)C2. The van der Waals surface area contributed by atoms with Crippen LogP contribution in [0, 0.1) is 0 Å². The lowest BCUT2D eigenvalue weighted by Crippen LogP contribution is -2.30. The van der Waals surface area contributed by atoms with Gasteiger partial charge in [0, 0.05) is 25.7 Å². The van der Waals surface area contributed by atoms with E-state index >= 15 is 0 Å². The van der Waals surface area contributed by atoms with Crippen LogP contribution in [0.1, 0.15) is 21.7 Å². The number of nitrogens with zero attached hydrogens (tertiary/aromatic N) is 3. The topological polar surface area (TPSA) is 58.4 Å². The van der Waals surface area contributed by atoms with E-state index in [1.54, 1.807) is 0 Å². The number of carbonyl (C=O) groups is 1. The first-order chi connectivity index (χ1) is 7.78. The smallest absolute Gasteiger partial charge is 0.401 e. The highest BCUT2D eigenvalue weighted by Crippen LogP contribution is 2.28. The van der Waals surface area contributed by atoms with E-state index in [4.69, 9.17) is 5.11 Å². The van der Waals surface area contributed by atoms with Gasteiger partial charge in [0.15, 0.2) is 5.69 Å². The van der Waals surface area contributed by atoms with Crippen molar-refractivity contribution in [3.05, 3.63) is 17.0 Å². The van der Waals surface area contributed by atoms with Gasteiger partial charge < -0.3 is 5.11 Å². The third kappa shape index (κ3) is 2.26. The number of aryl methyl sites for hydroxylation is 1. The largest absolute Gasteiger partial charge is 0.477 e. The van der Waals surface area contributed by atoms with Gasteiger partial charge in [0.2, 0.25) is 0 Å². The second kappa shape index (κ2) is 3.73. The normalized spacial score (nSPS) is 16.2. The number of carboxylic acids is 1. The minimum absolute atomic E-state index is 0.0235. The van der Waals surface area contributed by atoms with Crippen LogP contribution in [0.3, 0.4) is 0 Å². The summed E-state index contributed by atoms with van der Waals surface area (Å²) in [5.41, 5.74) is 0.753. The molecule has 5 nitrogen and oxygen atoms in total. The molecule has 0 saturated heterocycles. The quantitative estimate of drug-likeness (QED) is 0.849. The highest BCUT2D eigenvalue weighted by Gasteiger charge is 2.36. The van der Waals surface area contributed by atoms with Crippen molar-refractivity contribution in [2.45, 2.75) is 19.3 Å². The summed E-state index contributed by atoms with van der Waals surface area (Å²) in [4.78, 5) is 12.1. The van der Waals surface area contributed by atoms with Crippen molar-refractivity contribution in [2.75, 3.05) is 6.54 Å². The maximum atomic E-state index is 12.2. The fraction of sp³-hybridized carbons (Fsp3) is 0.556. The minimum Gasteiger partial charge on any atom is -0.477 e. The Morgan fingerprint density at radius 3 is 2.65 bits per heavy atom. The molecule has 0 radical (unpaired) electrons. The van der Waals surface area contributed by atoms with Crippen LogP contribution in [-0.4, -0.2) is 38.5 Å². The molecule has 1 aliphatic rings. The predicted molar refractivity (Wildman–Crippen MR) is 50.3 cm³/mol. The number of alkyl halides is 3. The molecule has 8 heteroatoms. The number of rotatable bonds is 2. The number of carboxylic acid groups (broad SMARTS) is 1. The summed E-state index contributed by atoms with van der Waals surface area (Å²) in [5.74, 6) is -1.17. The summed E-state index contributed by atoms with van der Waals surface area (Å²) in [6.07, 6.45) is -4.28. The van der Waals surface area contributed by atoms with Crippen LogP contribution in [0.2, 0.25) is 0 Å². The molecule has 0 unspecified atom stereocenters. The zero-order valence-electron chi connectivity index (χ0n) is 8.95. The number of halogens is 3. The fourth-order valence-electron chi connectivity index (χ4n) is 2.04. The van der Waals surface area contributed by atoms with Crippen molar-refractivity contribution in [3.63, 3.8) is 0 Å². The van der Waals surface area contributed by atoms with Crippen molar-refractivity contribution in [3.8, 4) is 0 Å². The fourth-order valence-corrected chi connectivity index (χ4v) is 2.04. The Balaban J connectivity index is 2.21. The Morgan fingerprint density at radius 1 is 1.47 bits per heavy atom. The summed E-state index contributed by atoms with van der Waals surface area (Å²) in [6.45, 7) is -1.04. The van der Waals surface area contributed by atoms with Gasteiger partial charge in [0.1, 0.15) is 0 Å². The van der Waals surface area contributed by atoms with Gasteiger partial charge in [-0.15, -0.1) is 0 Å². The molecule has 0 atom stereocenters. The van der Waals surface area contributed by atoms with Crippen molar-refractivity contribution >= 4 is 5.97 Å². The third-order valence-electron chi connectivity index (χ3n) is 2.59. The van der Waals surface area contributed by atoms with E-state index in [-0.39, 0.29) is 18.8 Å². The van der Waals surface area contributed by atoms with Crippen LogP contribution < -0.4 is 0 Å². The summed E-state index contributed by atoms with van der Waals surface area (Å²) in [5, 5.41) is 12.9. The number of aromatic carboxylic acids is 1. The van der Waals surface area contributed by atoms with Crippen LogP contribution in [-0.2, 0) is 20.1 Å². The Labute approximate surface area is 94.4 Å². The van der Waals surface area contributed by atoms with E-state index in [9.17, 15) is 18.0 Å². The predicted octanol–water partition coefficient (Wildman–Crippen LogP) is 0.996. The maximum Gasteiger partial charge on any atom is 0.401 e. The van der Waals surface area contributed by atoms with Crippen LogP contribution in [0.5, 0.6) is 0 Å². The average molecular weight is 249 g/mol. The molecule has 0 saturated carbocycles. The summed E-state index contributed by atoms with van der Waals surface area (Å²) in [7, 11) is 1.47. The highest BCUT2D eigenvalue weighted by molar-refractivity contribution is 5.87. The Hall–Kier alpha value is -1.57. The average Bonchev–Trinajstić information content (AvgIpc) is 2.55. The molecule has 0 spiro atoms. The number of hydrogen-bond donors (Lipinski definition) is 1. The van der Waals surface area contributed by atoms with Crippen LogP contribution in [0.25, 0.3) is 0 Å². The molecule has 1 aromatic heterocycles. The molecular weight excluding hydrogens is 239 g/mol. The zero-order chi connectivity index (χ0) is 12.8. The van der Waals surface area contributed by atoms with Gasteiger partial charge in [-0.1, -0.05) is 0 Å². The van der Waals surface area contributed by atoms with Gasteiger partial charge in [-0.05, 0) is 0 Å². The second-order valence-electron chi connectivity index (χ2n) is 3.96.